The average molecular weight is 287 g/mol. The molecule has 0 spiro atoms. The number of likely N-dealkylation sites (N-methyl/N-ethyl adjacent to an activating group) is 1. The van der Waals surface area contributed by atoms with E-state index in [0.717, 1.165) is 13.0 Å². The molecule has 1 aromatic rings. The van der Waals surface area contributed by atoms with E-state index in [9.17, 15) is 4.39 Å². The number of hydrogen-bond acceptors (Lipinski definition) is 2. The molecule has 0 heterocycles. The molecule has 0 saturated heterocycles. The second kappa shape index (κ2) is 7.83. The Morgan fingerprint density at radius 3 is 2.58 bits per heavy atom. The molecule has 0 bridgehead atoms. The predicted molar refractivity (Wildman–Crippen MR) is 80.0 cm³/mol. The van der Waals surface area contributed by atoms with Gasteiger partial charge < -0.3 is 10.2 Å². The SMILES string of the molecule is CC(C)CC(CNCc1cc(Cl)ccc1F)N(C)C. The van der Waals surface area contributed by atoms with Gasteiger partial charge in [-0.15, -0.1) is 0 Å². The second-order valence-electron chi connectivity index (χ2n) is 5.61. The summed E-state index contributed by atoms with van der Waals surface area (Å²) in [5, 5.41) is 3.89. The molecule has 1 atom stereocenters. The maximum Gasteiger partial charge on any atom is 0.127 e. The van der Waals surface area contributed by atoms with Crippen LogP contribution in [0.1, 0.15) is 25.8 Å². The van der Waals surface area contributed by atoms with E-state index in [1.54, 1.807) is 12.1 Å². The Bertz CT molecular complexity index is 394. The zero-order valence-electron chi connectivity index (χ0n) is 12.2. The van der Waals surface area contributed by atoms with Gasteiger partial charge in [0.25, 0.3) is 0 Å². The van der Waals surface area contributed by atoms with Gasteiger partial charge >= 0.3 is 0 Å². The van der Waals surface area contributed by atoms with Gasteiger partial charge in [-0.05, 0) is 44.6 Å². The van der Waals surface area contributed by atoms with Crippen LogP contribution in [0.3, 0.4) is 0 Å². The summed E-state index contributed by atoms with van der Waals surface area (Å²) in [6.45, 7) is 5.78. The van der Waals surface area contributed by atoms with Crippen LogP contribution in [-0.4, -0.2) is 31.6 Å². The molecular weight excluding hydrogens is 263 g/mol. The molecule has 0 fully saturated rings. The van der Waals surface area contributed by atoms with Crippen molar-refractivity contribution in [1.29, 1.82) is 0 Å². The normalized spacial score (nSPS) is 13.3. The van der Waals surface area contributed by atoms with Crippen molar-refractivity contribution in [3.8, 4) is 0 Å². The van der Waals surface area contributed by atoms with E-state index in [-0.39, 0.29) is 5.82 Å². The summed E-state index contributed by atoms with van der Waals surface area (Å²) in [6, 6.07) is 5.12. The van der Waals surface area contributed by atoms with Gasteiger partial charge in [-0.25, -0.2) is 4.39 Å². The number of nitrogens with zero attached hydrogens (tertiary/aromatic N) is 1. The first-order chi connectivity index (χ1) is 8.90. The molecule has 0 saturated carbocycles. The molecule has 1 aromatic carbocycles. The van der Waals surface area contributed by atoms with Crippen molar-refractivity contribution >= 4 is 11.6 Å². The number of hydrogen-bond donors (Lipinski definition) is 1. The summed E-state index contributed by atoms with van der Waals surface area (Å²) in [4.78, 5) is 2.21. The third kappa shape index (κ3) is 5.89. The molecule has 0 aromatic heterocycles. The molecule has 1 N–H and O–H groups in total. The van der Waals surface area contributed by atoms with E-state index >= 15 is 0 Å². The predicted octanol–water partition coefficient (Wildman–Crippen LogP) is 3.55. The third-order valence-electron chi connectivity index (χ3n) is 3.18. The average Bonchev–Trinajstić information content (AvgIpc) is 2.31. The first kappa shape index (κ1) is 16.4. The summed E-state index contributed by atoms with van der Waals surface area (Å²) in [7, 11) is 4.16. The first-order valence-electron chi connectivity index (χ1n) is 6.71. The van der Waals surface area contributed by atoms with Crippen molar-refractivity contribution in [1.82, 2.24) is 10.2 Å². The van der Waals surface area contributed by atoms with Crippen LogP contribution in [0, 0.1) is 11.7 Å². The third-order valence-corrected chi connectivity index (χ3v) is 3.41. The second-order valence-corrected chi connectivity index (χ2v) is 6.05. The minimum atomic E-state index is -0.206. The van der Waals surface area contributed by atoms with Crippen LogP contribution in [0.5, 0.6) is 0 Å². The van der Waals surface area contributed by atoms with Crippen molar-refractivity contribution in [3.05, 3.63) is 34.6 Å². The quantitative estimate of drug-likeness (QED) is 0.825. The van der Waals surface area contributed by atoms with Crippen molar-refractivity contribution in [2.75, 3.05) is 20.6 Å². The van der Waals surface area contributed by atoms with Crippen molar-refractivity contribution in [2.24, 2.45) is 5.92 Å². The van der Waals surface area contributed by atoms with Crippen LogP contribution in [0.2, 0.25) is 5.02 Å². The number of nitrogens with one attached hydrogen (secondary N) is 1. The van der Waals surface area contributed by atoms with Gasteiger partial charge in [0.1, 0.15) is 5.82 Å². The molecule has 1 unspecified atom stereocenters. The molecule has 0 aliphatic rings. The number of halogens is 2. The lowest BCUT2D eigenvalue weighted by molar-refractivity contribution is 0.246. The van der Waals surface area contributed by atoms with Crippen LogP contribution < -0.4 is 5.32 Å². The Kier molecular flexibility index (Phi) is 6.76. The lowest BCUT2D eigenvalue weighted by Crippen LogP contribution is -2.38. The summed E-state index contributed by atoms with van der Waals surface area (Å²) in [6.07, 6.45) is 1.12. The summed E-state index contributed by atoms with van der Waals surface area (Å²) >= 11 is 5.87. The van der Waals surface area contributed by atoms with Gasteiger partial charge in [0.05, 0.1) is 0 Å². The highest BCUT2D eigenvalue weighted by atomic mass is 35.5. The van der Waals surface area contributed by atoms with Crippen LogP contribution >= 0.6 is 11.6 Å². The van der Waals surface area contributed by atoms with Crippen LogP contribution in [-0.2, 0) is 6.54 Å². The summed E-state index contributed by atoms with van der Waals surface area (Å²) in [5.41, 5.74) is 0.620. The van der Waals surface area contributed by atoms with E-state index in [0.29, 0.717) is 29.1 Å². The summed E-state index contributed by atoms with van der Waals surface area (Å²) in [5.74, 6) is 0.444. The fraction of sp³-hybridized carbons (Fsp3) is 0.600. The monoisotopic (exact) mass is 286 g/mol. The Morgan fingerprint density at radius 1 is 1.32 bits per heavy atom. The molecule has 4 heteroatoms. The van der Waals surface area contributed by atoms with E-state index < -0.39 is 0 Å². The van der Waals surface area contributed by atoms with Crippen molar-refractivity contribution in [3.63, 3.8) is 0 Å². The fourth-order valence-electron chi connectivity index (χ4n) is 2.07. The molecular formula is C15H24ClFN2. The zero-order chi connectivity index (χ0) is 14.4. The topological polar surface area (TPSA) is 15.3 Å². The van der Waals surface area contributed by atoms with E-state index in [2.05, 4.69) is 38.2 Å². The smallest absolute Gasteiger partial charge is 0.127 e. The molecule has 0 radical (unpaired) electrons. The largest absolute Gasteiger partial charge is 0.311 e. The molecule has 2 nitrogen and oxygen atoms in total. The lowest BCUT2D eigenvalue weighted by Gasteiger charge is -2.26. The fourth-order valence-corrected chi connectivity index (χ4v) is 2.27. The zero-order valence-corrected chi connectivity index (χ0v) is 13.0. The van der Waals surface area contributed by atoms with Gasteiger partial charge in [-0.1, -0.05) is 25.4 Å². The van der Waals surface area contributed by atoms with Crippen LogP contribution in [0.4, 0.5) is 4.39 Å². The molecule has 0 aliphatic heterocycles. The molecule has 19 heavy (non-hydrogen) atoms. The Morgan fingerprint density at radius 2 is 2.00 bits per heavy atom. The molecule has 0 aliphatic carbocycles. The van der Waals surface area contributed by atoms with Gasteiger partial charge in [-0.3, -0.25) is 0 Å². The minimum absolute atomic E-state index is 0.206. The number of benzene rings is 1. The van der Waals surface area contributed by atoms with Gasteiger partial charge in [-0.2, -0.15) is 0 Å². The van der Waals surface area contributed by atoms with E-state index in [1.165, 1.54) is 6.07 Å². The molecule has 1 rings (SSSR count). The standard InChI is InChI=1S/C15H24ClFN2/c1-11(2)7-14(19(3)4)10-18-9-12-8-13(16)5-6-15(12)17/h5-6,8,11,14,18H,7,9-10H2,1-4H3. The van der Waals surface area contributed by atoms with Gasteiger partial charge in [0.2, 0.25) is 0 Å². The Hall–Kier alpha value is -0.640. The van der Waals surface area contributed by atoms with Crippen molar-refractivity contribution < 1.29 is 4.39 Å². The maximum atomic E-state index is 13.6. The lowest BCUT2D eigenvalue weighted by atomic mass is 10.0. The Labute approximate surface area is 120 Å². The number of rotatable bonds is 7. The van der Waals surface area contributed by atoms with Gasteiger partial charge in [0, 0.05) is 29.7 Å². The highest BCUT2D eigenvalue weighted by molar-refractivity contribution is 6.30. The highest BCUT2D eigenvalue weighted by Crippen LogP contribution is 2.15. The molecule has 108 valence electrons. The summed E-state index contributed by atoms with van der Waals surface area (Å²) < 4.78 is 13.6. The van der Waals surface area contributed by atoms with E-state index in [1.807, 2.05) is 0 Å². The maximum absolute atomic E-state index is 13.6. The van der Waals surface area contributed by atoms with Crippen molar-refractivity contribution in [2.45, 2.75) is 32.9 Å². The highest BCUT2D eigenvalue weighted by Gasteiger charge is 2.13. The van der Waals surface area contributed by atoms with Gasteiger partial charge in [0.15, 0.2) is 0 Å². The van der Waals surface area contributed by atoms with E-state index in [4.69, 9.17) is 11.6 Å². The van der Waals surface area contributed by atoms with Crippen LogP contribution in [0.25, 0.3) is 0 Å². The molecule has 0 amide bonds. The first-order valence-corrected chi connectivity index (χ1v) is 7.09. The Balaban J connectivity index is 2.49. The van der Waals surface area contributed by atoms with Crippen LogP contribution in [0.15, 0.2) is 18.2 Å². The minimum Gasteiger partial charge on any atom is -0.311 e.